The fourth-order valence-electron chi connectivity index (χ4n) is 1.81. The molecule has 0 unspecified atom stereocenters. The molecule has 102 valence electrons. The molecule has 19 heavy (non-hydrogen) atoms. The van der Waals surface area contributed by atoms with Crippen LogP contribution in [0.4, 0.5) is 0 Å². The molecule has 0 saturated carbocycles. The molecule has 1 aliphatic rings. The lowest BCUT2D eigenvalue weighted by atomic mass is 10.2. The molecule has 0 spiro atoms. The molecule has 1 amide bonds. The number of hydrogen-bond donors (Lipinski definition) is 1. The molecule has 1 aromatic rings. The van der Waals surface area contributed by atoms with Crippen molar-refractivity contribution < 1.29 is 14.3 Å². The number of esters is 1. The van der Waals surface area contributed by atoms with Crippen LogP contribution in [0, 0.1) is 0 Å². The second kappa shape index (κ2) is 7.19. The van der Waals surface area contributed by atoms with Gasteiger partial charge >= 0.3 is 5.97 Å². The van der Waals surface area contributed by atoms with E-state index < -0.39 is 6.10 Å². The van der Waals surface area contributed by atoms with E-state index in [9.17, 15) is 9.59 Å². The summed E-state index contributed by atoms with van der Waals surface area (Å²) in [5.41, 5.74) is 0. The normalized spacial score (nSPS) is 18.1. The third kappa shape index (κ3) is 4.59. The lowest BCUT2D eigenvalue weighted by molar-refractivity contribution is -0.148. The second-order valence-corrected chi connectivity index (χ2v) is 5.49. The van der Waals surface area contributed by atoms with Gasteiger partial charge in [-0.1, -0.05) is 18.2 Å². The van der Waals surface area contributed by atoms with E-state index in [1.165, 1.54) is 4.90 Å². The largest absolute Gasteiger partial charge is 0.452 e. The van der Waals surface area contributed by atoms with Gasteiger partial charge in [0.05, 0.1) is 0 Å². The smallest absolute Gasteiger partial charge is 0.306 e. The zero-order chi connectivity index (χ0) is 13.5. The number of benzene rings is 1. The van der Waals surface area contributed by atoms with Crippen LogP contribution in [0.5, 0.6) is 0 Å². The molecule has 1 saturated heterocycles. The highest BCUT2D eigenvalue weighted by molar-refractivity contribution is 7.99. The number of nitrogens with one attached hydrogen (secondary N) is 1. The van der Waals surface area contributed by atoms with Gasteiger partial charge in [-0.15, -0.1) is 11.8 Å². The van der Waals surface area contributed by atoms with Crippen molar-refractivity contribution in [2.24, 2.45) is 0 Å². The molecule has 1 aliphatic heterocycles. The number of carbonyl (C=O) groups excluding carboxylic acids is 2. The summed E-state index contributed by atoms with van der Waals surface area (Å²) in [5.74, 6) is 0.504. The molecule has 4 nitrogen and oxygen atoms in total. The van der Waals surface area contributed by atoms with E-state index in [4.69, 9.17) is 4.74 Å². The predicted molar refractivity (Wildman–Crippen MR) is 73.9 cm³/mol. The number of hydrogen-bond acceptors (Lipinski definition) is 4. The number of thioether (sulfide) groups is 1. The van der Waals surface area contributed by atoms with Gasteiger partial charge < -0.3 is 10.1 Å². The Kier molecular flexibility index (Phi) is 5.27. The summed E-state index contributed by atoms with van der Waals surface area (Å²) >= 11 is 1.77. The highest BCUT2D eigenvalue weighted by atomic mass is 32.2. The lowest BCUT2D eigenvalue weighted by Gasteiger charge is -2.09. The first-order valence-corrected chi connectivity index (χ1v) is 7.39. The fourth-order valence-corrected chi connectivity index (χ4v) is 2.69. The van der Waals surface area contributed by atoms with Crippen LogP contribution in [0.3, 0.4) is 0 Å². The van der Waals surface area contributed by atoms with Crippen LogP contribution in [0.25, 0.3) is 0 Å². The zero-order valence-corrected chi connectivity index (χ0v) is 11.4. The molecule has 0 aliphatic carbocycles. The number of carbonyl (C=O) groups is 2. The van der Waals surface area contributed by atoms with Crippen molar-refractivity contribution in [3.05, 3.63) is 30.3 Å². The second-order valence-electron chi connectivity index (χ2n) is 4.32. The van der Waals surface area contributed by atoms with E-state index >= 15 is 0 Å². The average molecular weight is 279 g/mol. The molecular weight excluding hydrogens is 262 g/mol. The van der Waals surface area contributed by atoms with Gasteiger partial charge in [0.1, 0.15) is 0 Å². The lowest BCUT2D eigenvalue weighted by Crippen LogP contribution is -2.35. The van der Waals surface area contributed by atoms with Gasteiger partial charge in [-0.3, -0.25) is 9.59 Å². The SMILES string of the molecule is O=C1CC[C@@H](C(=O)NCCCSc2ccccc2)O1. The first kappa shape index (κ1) is 13.9. The van der Waals surface area contributed by atoms with Crippen molar-refractivity contribution in [1.29, 1.82) is 0 Å². The zero-order valence-electron chi connectivity index (χ0n) is 10.6. The van der Waals surface area contributed by atoms with E-state index in [1.807, 2.05) is 18.2 Å². The van der Waals surface area contributed by atoms with E-state index in [0.717, 1.165) is 12.2 Å². The highest BCUT2D eigenvalue weighted by Crippen LogP contribution is 2.17. The Morgan fingerprint density at radius 1 is 1.37 bits per heavy atom. The molecule has 1 heterocycles. The topological polar surface area (TPSA) is 55.4 Å². The molecule has 1 aromatic carbocycles. The van der Waals surface area contributed by atoms with Crippen LogP contribution in [-0.4, -0.2) is 30.3 Å². The van der Waals surface area contributed by atoms with Crippen LogP contribution in [0.2, 0.25) is 0 Å². The molecular formula is C14H17NO3S. The van der Waals surface area contributed by atoms with Crippen molar-refractivity contribution in [1.82, 2.24) is 5.32 Å². The van der Waals surface area contributed by atoms with Gasteiger partial charge in [0.15, 0.2) is 6.10 Å². The minimum absolute atomic E-state index is 0.171. The van der Waals surface area contributed by atoms with E-state index in [0.29, 0.717) is 19.4 Å². The summed E-state index contributed by atoms with van der Waals surface area (Å²) in [5, 5.41) is 2.80. The first-order valence-electron chi connectivity index (χ1n) is 6.41. The molecule has 5 heteroatoms. The van der Waals surface area contributed by atoms with E-state index in [1.54, 1.807) is 11.8 Å². The molecule has 1 N–H and O–H groups in total. The Labute approximate surface area is 116 Å². The van der Waals surface area contributed by atoms with Crippen LogP contribution in [0.15, 0.2) is 35.2 Å². The Bertz CT molecular complexity index is 436. The highest BCUT2D eigenvalue weighted by Gasteiger charge is 2.29. The van der Waals surface area contributed by atoms with Gasteiger partial charge in [0.2, 0.25) is 0 Å². The van der Waals surface area contributed by atoms with E-state index in [-0.39, 0.29) is 11.9 Å². The molecule has 2 rings (SSSR count). The van der Waals surface area contributed by atoms with Gasteiger partial charge in [-0.25, -0.2) is 0 Å². The molecule has 1 fully saturated rings. The van der Waals surface area contributed by atoms with Crippen molar-refractivity contribution in [3.63, 3.8) is 0 Å². The summed E-state index contributed by atoms with van der Waals surface area (Å²) < 4.78 is 4.89. The minimum Gasteiger partial charge on any atom is -0.452 e. The van der Waals surface area contributed by atoms with Crippen molar-refractivity contribution in [2.45, 2.75) is 30.3 Å². The van der Waals surface area contributed by atoms with Crippen LogP contribution in [0.1, 0.15) is 19.3 Å². The first-order chi connectivity index (χ1) is 9.25. The maximum absolute atomic E-state index is 11.6. The number of cyclic esters (lactones) is 1. The van der Waals surface area contributed by atoms with Crippen LogP contribution >= 0.6 is 11.8 Å². The maximum atomic E-state index is 11.6. The molecule has 0 aromatic heterocycles. The Balaban J connectivity index is 1.57. The Hall–Kier alpha value is -1.49. The molecule has 0 bridgehead atoms. The van der Waals surface area contributed by atoms with Crippen molar-refractivity contribution in [2.75, 3.05) is 12.3 Å². The number of rotatable bonds is 6. The quantitative estimate of drug-likeness (QED) is 0.491. The van der Waals surface area contributed by atoms with Crippen LogP contribution in [-0.2, 0) is 14.3 Å². The predicted octanol–water partition coefficient (Wildman–Crippen LogP) is 1.99. The third-order valence-electron chi connectivity index (χ3n) is 2.81. The Morgan fingerprint density at radius 2 is 2.16 bits per heavy atom. The standard InChI is InChI=1S/C14H17NO3S/c16-13-8-7-12(18-13)14(17)15-9-4-10-19-11-5-2-1-3-6-11/h1-3,5-6,12H,4,7-10H2,(H,15,17)/t12-/m0/s1. The van der Waals surface area contributed by atoms with Crippen LogP contribution < -0.4 is 5.32 Å². The average Bonchev–Trinajstić information content (AvgIpc) is 2.86. The van der Waals surface area contributed by atoms with E-state index in [2.05, 4.69) is 17.4 Å². The van der Waals surface area contributed by atoms with Crippen molar-refractivity contribution in [3.8, 4) is 0 Å². The fraction of sp³-hybridized carbons (Fsp3) is 0.429. The van der Waals surface area contributed by atoms with Gasteiger partial charge in [-0.2, -0.15) is 0 Å². The summed E-state index contributed by atoms with van der Waals surface area (Å²) in [6.45, 7) is 0.618. The number of amides is 1. The third-order valence-corrected chi connectivity index (χ3v) is 3.91. The summed E-state index contributed by atoms with van der Waals surface area (Å²) in [6, 6.07) is 10.2. The van der Waals surface area contributed by atoms with Gasteiger partial charge in [-0.05, 0) is 24.3 Å². The maximum Gasteiger partial charge on any atom is 0.306 e. The monoisotopic (exact) mass is 279 g/mol. The number of ether oxygens (including phenoxy) is 1. The van der Waals surface area contributed by atoms with Crippen molar-refractivity contribution >= 4 is 23.6 Å². The summed E-state index contributed by atoms with van der Waals surface area (Å²) in [4.78, 5) is 23.7. The minimum atomic E-state index is -0.575. The summed E-state index contributed by atoms with van der Waals surface area (Å²) in [6.07, 6.45) is 1.17. The molecule has 1 atom stereocenters. The summed E-state index contributed by atoms with van der Waals surface area (Å²) in [7, 11) is 0. The Morgan fingerprint density at radius 3 is 2.84 bits per heavy atom. The van der Waals surface area contributed by atoms with Gasteiger partial charge in [0.25, 0.3) is 5.91 Å². The molecule has 0 radical (unpaired) electrons. The van der Waals surface area contributed by atoms with Gasteiger partial charge in [0, 0.05) is 24.3 Å².